The third-order valence-electron chi connectivity index (χ3n) is 2.79. The van der Waals surface area contributed by atoms with Gasteiger partial charge in [0.1, 0.15) is 0 Å². The number of halogens is 1. The fourth-order valence-electron chi connectivity index (χ4n) is 1.78. The van der Waals surface area contributed by atoms with Gasteiger partial charge in [-0.3, -0.25) is 4.90 Å². The van der Waals surface area contributed by atoms with Crippen LogP contribution < -0.4 is 5.73 Å². The first-order valence-electron chi connectivity index (χ1n) is 5.83. The molecule has 1 rings (SSSR count). The van der Waals surface area contributed by atoms with E-state index in [9.17, 15) is 0 Å². The van der Waals surface area contributed by atoms with Crippen LogP contribution in [0.2, 0.25) is 5.02 Å². The highest BCUT2D eigenvalue weighted by Gasteiger charge is 2.16. The first kappa shape index (κ1) is 14.0. The number of nitrogens with zero attached hydrogens (tertiary/aromatic N) is 1. The molecule has 1 aromatic rings. The molecule has 0 aliphatic rings. The second-order valence-electron chi connectivity index (χ2n) is 4.11. The number of hydrogen-bond donors (Lipinski definition) is 1. The molecule has 0 bridgehead atoms. The van der Waals surface area contributed by atoms with Crippen molar-refractivity contribution in [2.75, 3.05) is 20.1 Å². The van der Waals surface area contributed by atoms with Crippen LogP contribution in [0, 0.1) is 0 Å². The van der Waals surface area contributed by atoms with E-state index in [1.807, 2.05) is 11.4 Å². The Kier molecular flexibility index (Phi) is 6.36. The van der Waals surface area contributed by atoms with Crippen molar-refractivity contribution in [3.63, 3.8) is 0 Å². The summed E-state index contributed by atoms with van der Waals surface area (Å²) in [7, 11) is 2.14. The molecule has 0 spiro atoms. The molecule has 16 heavy (non-hydrogen) atoms. The largest absolute Gasteiger partial charge is 0.329 e. The molecule has 1 unspecified atom stereocenters. The van der Waals surface area contributed by atoms with Crippen LogP contribution in [-0.2, 0) is 0 Å². The number of hydrogen-bond acceptors (Lipinski definition) is 3. The summed E-state index contributed by atoms with van der Waals surface area (Å²) in [5.74, 6) is 0. The summed E-state index contributed by atoms with van der Waals surface area (Å²) in [5, 5.41) is 2.79. The van der Waals surface area contributed by atoms with Gasteiger partial charge in [-0.1, -0.05) is 31.4 Å². The average molecular weight is 261 g/mol. The fraction of sp³-hybridized carbons (Fsp3) is 0.667. The minimum atomic E-state index is 0.314. The van der Waals surface area contributed by atoms with Gasteiger partial charge in [0.2, 0.25) is 0 Å². The third kappa shape index (κ3) is 4.06. The highest BCUT2D eigenvalue weighted by Crippen LogP contribution is 2.28. The van der Waals surface area contributed by atoms with Gasteiger partial charge < -0.3 is 5.73 Å². The Morgan fingerprint density at radius 1 is 1.50 bits per heavy atom. The molecule has 92 valence electrons. The molecule has 1 aromatic heterocycles. The lowest BCUT2D eigenvalue weighted by atomic mass is 10.2. The second-order valence-corrected chi connectivity index (χ2v) is 5.49. The molecule has 2 N–H and O–H groups in total. The first-order valence-corrected chi connectivity index (χ1v) is 7.09. The van der Waals surface area contributed by atoms with Crippen molar-refractivity contribution >= 4 is 22.9 Å². The van der Waals surface area contributed by atoms with Crippen LogP contribution in [0.3, 0.4) is 0 Å². The number of likely N-dealkylation sites (N-methyl/N-ethyl adjacent to an activating group) is 1. The standard InChI is InChI=1S/C12H21ClN2S/c1-3-4-5-6-15(2)11(8-14)12-7-10(13)9-16-12/h7,9,11H,3-6,8,14H2,1-2H3. The van der Waals surface area contributed by atoms with E-state index in [1.165, 1.54) is 24.1 Å². The van der Waals surface area contributed by atoms with Crippen molar-refractivity contribution in [1.29, 1.82) is 0 Å². The highest BCUT2D eigenvalue weighted by atomic mass is 35.5. The first-order chi connectivity index (χ1) is 7.69. The number of thiophene rings is 1. The van der Waals surface area contributed by atoms with E-state index >= 15 is 0 Å². The van der Waals surface area contributed by atoms with Crippen LogP contribution in [-0.4, -0.2) is 25.0 Å². The lowest BCUT2D eigenvalue weighted by Gasteiger charge is -2.25. The predicted molar refractivity (Wildman–Crippen MR) is 73.3 cm³/mol. The normalized spacial score (nSPS) is 13.3. The lowest BCUT2D eigenvalue weighted by molar-refractivity contribution is 0.248. The van der Waals surface area contributed by atoms with Crippen LogP contribution in [0.25, 0.3) is 0 Å². The Bertz CT molecular complexity index is 301. The fourth-order valence-corrected chi connectivity index (χ4v) is 3.04. The van der Waals surface area contributed by atoms with Gasteiger partial charge in [0.05, 0.1) is 11.1 Å². The predicted octanol–water partition coefficient (Wildman–Crippen LogP) is 3.52. The van der Waals surface area contributed by atoms with E-state index in [1.54, 1.807) is 11.3 Å². The van der Waals surface area contributed by atoms with Crippen molar-refractivity contribution < 1.29 is 0 Å². The van der Waals surface area contributed by atoms with Gasteiger partial charge in [-0.15, -0.1) is 11.3 Å². The van der Waals surface area contributed by atoms with Gasteiger partial charge in [0.25, 0.3) is 0 Å². The zero-order valence-electron chi connectivity index (χ0n) is 10.1. The van der Waals surface area contributed by atoms with E-state index in [2.05, 4.69) is 18.9 Å². The Morgan fingerprint density at radius 2 is 2.25 bits per heavy atom. The van der Waals surface area contributed by atoms with Gasteiger partial charge in [0, 0.05) is 16.8 Å². The summed E-state index contributed by atoms with van der Waals surface area (Å²) in [4.78, 5) is 3.60. The smallest absolute Gasteiger partial charge is 0.0562 e. The number of rotatable bonds is 7. The van der Waals surface area contributed by atoms with Gasteiger partial charge in [-0.2, -0.15) is 0 Å². The van der Waals surface area contributed by atoms with Crippen LogP contribution in [0.5, 0.6) is 0 Å². The van der Waals surface area contributed by atoms with Gasteiger partial charge in [0.15, 0.2) is 0 Å². The van der Waals surface area contributed by atoms with E-state index < -0.39 is 0 Å². The summed E-state index contributed by atoms with van der Waals surface area (Å²) >= 11 is 7.64. The van der Waals surface area contributed by atoms with E-state index in [-0.39, 0.29) is 0 Å². The molecule has 0 saturated heterocycles. The molecular formula is C12H21ClN2S. The van der Waals surface area contributed by atoms with E-state index in [4.69, 9.17) is 17.3 Å². The summed E-state index contributed by atoms with van der Waals surface area (Å²) in [6.07, 6.45) is 3.78. The molecule has 0 aliphatic carbocycles. The quantitative estimate of drug-likeness (QED) is 0.760. The van der Waals surface area contributed by atoms with Crippen molar-refractivity contribution in [2.45, 2.75) is 32.2 Å². The molecule has 2 nitrogen and oxygen atoms in total. The Hall–Kier alpha value is -0.0900. The van der Waals surface area contributed by atoms with Crippen molar-refractivity contribution in [1.82, 2.24) is 4.90 Å². The maximum Gasteiger partial charge on any atom is 0.0562 e. The zero-order chi connectivity index (χ0) is 12.0. The van der Waals surface area contributed by atoms with E-state index in [0.717, 1.165) is 11.6 Å². The van der Waals surface area contributed by atoms with Crippen LogP contribution in [0.1, 0.15) is 37.1 Å². The molecule has 0 aromatic carbocycles. The molecule has 1 heterocycles. The van der Waals surface area contributed by atoms with Gasteiger partial charge in [-0.25, -0.2) is 0 Å². The summed E-state index contributed by atoms with van der Waals surface area (Å²) in [5.41, 5.74) is 5.84. The monoisotopic (exact) mass is 260 g/mol. The van der Waals surface area contributed by atoms with Gasteiger partial charge in [-0.05, 0) is 26.1 Å². The van der Waals surface area contributed by atoms with Crippen LogP contribution in [0.15, 0.2) is 11.4 Å². The Balaban J connectivity index is 2.53. The SMILES string of the molecule is CCCCCN(C)C(CN)c1cc(Cl)cs1. The molecular weight excluding hydrogens is 240 g/mol. The topological polar surface area (TPSA) is 29.3 Å². The number of unbranched alkanes of at least 4 members (excludes halogenated alkanes) is 2. The molecule has 0 saturated carbocycles. The minimum absolute atomic E-state index is 0.314. The molecule has 0 radical (unpaired) electrons. The molecule has 1 atom stereocenters. The third-order valence-corrected chi connectivity index (χ3v) is 4.17. The van der Waals surface area contributed by atoms with E-state index in [0.29, 0.717) is 12.6 Å². The summed E-state index contributed by atoms with van der Waals surface area (Å²) in [6.45, 7) is 3.98. The van der Waals surface area contributed by atoms with Crippen molar-refractivity contribution in [3.05, 3.63) is 21.3 Å². The maximum absolute atomic E-state index is 5.94. The van der Waals surface area contributed by atoms with Crippen LogP contribution >= 0.6 is 22.9 Å². The van der Waals surface area contributed by atoms with Crippen molar-refractivity contribution in [2.24, 2.45) is 5.73 Å². The summed E-state index contributed by atoms with van der Waals surface area (Å²) < 4.78 is 0. The highest BCUT2D eigenvalue weighted by molar-refractivity contribution is 7.10. The molecule has 0 aliphatic heterocycles. The minimum Gasteiger partial charge on any atom is -0.329 e. The van der Waals surface area contributed by atoms with Crippen LogP contribution in [0.4, 0.5) is 0 Å². The molecule has 0 fully saturated rings. The number of nitrogens with two attached hydrogens (primary N) is 1. The lowest BCUT2D eigenvalue weighted by Crippen LogP contribution is -2.30. The summed E-state index contributed by atoms with van der Waals surface area (Å²) in [6, 6.07) is 2.34. The molecule has 0 amide bonds. The Morgan fingerprint density at radius 3 is 2.75 bits per heavy atom. The van der Waals surface area contributed by atoms with Crippen molar-refractivity contribution in [3.8, 4) is 0 Å². The average Bonchev–Trinajstić information content (AvgIpc) is 2.66. The molecule has 4 heteroatoms. The Labute approximate surface area is 107 Å². The maximum atomic E-state index is 5.94. The zero-order valence-corrected chi connectivity index (χ0v) is 11.7. The second kappa shape index (κ2) is 7.28. The van der Waals surface area contributed by atoms with Gasteiger partial charge >= 0.3 is 0 Å².